The third kappa shape index (κ3) is 4.32. The van der Waals surface area contributed by atoms with Gasteiger partial charge in [-0.2, -0.15) is 5.26 Å². The number of rotatable bonds is 6. The SMILES string of the molecule is C=CC(=O)N1CC[C@@H]2[C@H]1CN2c1c(C#N)c(OCC23CCCN2CCC3)nc2cc(-c3cccc4cccc(Cl)c34)c(F)cc12. The Bertz CT molecular complexity index is 1920. The Hall–Kier alpha value is -4.19. The van der Waals surface area contributed by atoms with Crippen molar-refractivity contribution < 1.29 is 13.9 Å². The first-order valence-electron chi connectivity index (χ1n) is 15.7. The predicted molar refractivity (Wildman–Crippen MR) is 174 cm³/mol. The summed E-state index contributed by atoms with van der Waals surface area (Å²) in [6.07, 6.45) is 6.51. The molecule has 4 fully saturated rings. The number of likely N-dealkylation sites (tertiary alicyclic amines) is 1. The monoisotopic (exact) mass is 621 g/mol. The van der Waals surface area contributed by atoms with Crippen LogP contribution < -0.4 is 9.64 Å². The van der Waals surface area contributed by atoms with Gasteiger partial charge in [-0.3, -0.25) is 9.69 Å². The Balaban J connectivity index is 1.28. The van der Waals surface area contributed by atoms with Crippen molar-refractivity contribution in [2.45, 2.75) is 49.7 Å². The minimum Gasteiger partial charge on any atom is -0.475 e. The van der Waals surface area contributed by atoms with Crippen LogP contribution in [0.4, 0.5) is 10.1 Å². The van der Waals surface area contributed by atoms with Crippen LogP contribution in [0.15, 0.2) is 61.2 Å². The van der Waals surface area contributed by atoms with Crippen LogP contribution >= 0.6 is 11.6 Å². The molecule has 0 aliphatic carbocycles. The Labute approximate surface area is 266 Å². The van der Waals surface area contributed by atoms with E-state index in [-0.39, 0.29) is 29.4 Å². The van der Waals surface area contributed by atoms with Gasteiger partial charge >= 0.3 is 0 Å². The van der Waals surface area contributed by atoms with Crippen molar-refractivity contribution in [1.82, 2.24) is 14.8 Å². The fraction of sp³-hybridized carbons (Fsp3) is 0.361. The lowest BCUT2D eigenvalue weighted by Gasteiger charge is -2.48. The van der Waals surface area contributed by atoms with Gasteiger partial charge in [0.2, 0.25) is 11.8 Å². The molecule has 4 aliphatic heterocycles. The summed E-state index contributed by atoms with van der Waals surface area (Å²) in [5.74, 6) is -0.233. The molecule has 4 aliphatic rings. The average molecular weight is 622 g/mol. The van der Waals surface area contributed by atoms with Crippen molar-refractivity contribution in [2.24, 2.45) is 0 Å². The summed E-state index contributed by atoms with van der Waals surface area (Å²) in [4.78, 5) is 23.9. The van der Waals surface area contributed by atoms with E-state index >= 15 is 4.39 Å². The highest BCUT2D eigenvalue weighted by molar-refractivity contribution is 6.36. The maximum Gasteiger partial charge on any atom is 0.246 e. The molecule has 0 unspecified atom stereocenters. The van der Waals surface area contributed by atoms with Crippen LogP contribution in [-0.2, 0) is 4.79 Å². The Morgan fingerprint density at radius 2 is 1.91 bits per heavy atom. The summed E-state index contributed by atoms with van der Waals surface area (Å²) in [5.41, 5.74) is 2.52. The number of carbonyl (C=O) groups excluding carboxylic acids is 1. The molecule has 0 N–H and O–H groups in total. The molecule has 0 bridgehead atoms. The molecule has 0 spiro atoms. The van der Waals surface area contributed by atoms with Crippen molar-refractivity contribution in [2.75, 3.05) is 37.7 Å². The second-order valence-electron chi connectivity index (χ2n) is 12.8. The summed E-state index contributed by atoms with van der Waals surface area (Å²) in [5, 5.41) is 13.4. The lowest BCUT2D eigenvalue weighted by molar-refractivity contribution is -0.127. The highest BCUT2D eigenvalue weighted by atomic mass is 35.5. The Morgan fingerprint density at radius 3 is 2.67 bits per heavy atom. The minimum absolute atomic E-state index is 0.0119. The standard InChI is InChI=1S/C36H33ClFN5O2/c1-2-32(44)42-16-11-30-31(42)20-43(30)34-25-17-28(38)24(23-9-3-7-22-8-4-10-27(37)33(22)23)18-29(25)40-35(26(34)19-39)45-21-36-12-5-14-41(36)15-6-13-36/h2-4,7-10,17-18,30-31H,1,5-6,11-16,20-21H2/t30-,31-/m1/s1. The Morgan fingerprint density at radius 1 is 1.13 bits per heavy atom. The molecule has 9 heteroatoms. The van der Waals surface area contributed by atoms with E-state index in [0.29, 0.717) is 58.0 Å². The summed E-state index contributed by atoms with van der Waals surface area (Å²) in [6.45, 7) is 7.41. The van der Waals surface area contributed by atoms with Crippen LogP contribution in [0.25, 0.3) is 32.8 Å². The molecular formula is C36H33ClFN5O2. The van der Waals surface area contributed by atoms with Gasteiger partial charge in [-0.25, -0.2) is 9.37 Å². The molecule has 1 amide bonds. The van der Waals surface area contributed by atoms with E-state index in [1.807, 2.05) is 41.3 Å². The normalized spacial score (nSPS) is 21.9. The molecule has 7 nitrogen and oxygen atoms in total. The highest BCUT2D eigenvalue weighted by Gasteiger charge is 2.50. The van der Waals surface area contributed by atoms with Gasteiger partial charge in [0.1, 0.15) is 24.1 Å². The third-order valence-electron chi connectivity index (χ3n) is 10.6. The van der Waals surface area contributed by atoms with Crippen molar-refractivity contribution in [3.63, 3.8) is 0 Å². The van der Waals surface area contributed by atoms with E-state index in [1.54, 1.807) is 6.07 Å². The minimum atomic E-state index is -0.422. The number of fused-ring (bicyclic) bond motifs is 4. The highest BCUT2D eigenvalue weighted by Crippen LogP contribution is 2.46. The van der Waals surface area contributed by atoms with Gasteiger partial charge in [-0.05, 0) is 80.4 Å². The van der Waals surface area contributed by atoms with E-state index in [4.69, 9.17) is 21.3 Å². The number of carbonyl (C=O) groups is 1. The van der Waals surface area contributed by atoms with Crippen molar-refractivity contribution in [3.8, 4) is 23.1 Å². The predicted octanol–water partition coefficient (Wildman–Crippen LogP) is 6.70. The molecule has 4 saturated heterocycles. The number of nitrogens with zero attached hydrogens (tertiary/aromatic N) is 5. The van der Waals surface area contributed by atoms with Crippen LogP contribution in [0.3, 0.4) is 0 Å². The zero-order valence-corrected chi connectivity index (χ0v) is 25.7. The van der Waals surface area contributed by atoms with E-state index in [0.717, 1.165) is 56.0 Å². The molecule has 4 aromatic rings. The molecule has 8 rings (SSSR count). The number of benzene rings is 3. The molecular weight excluding hydrogens is 589 g/mol. The van der Waals surface area contributed by atoms with Crippen LogP contribution in [0.5, 0.6) is 5.88 Å². The van der Waals surface area contributed by atoms with Gasteiger partial charge in [0.15, 0.2) is 0 Å². The largest absolute Gasteiger partial charge is 0.475 e. The van der Waals surface area contributed by atoms with E-state index < -0.39 is 5.82 Å². The fourth-order valence-electron chi connectivity index (χ4n) is 8.41. The van der Waals surface area contributed by atoms with Crippen LogP contribution in [-0.4, -0.2) is 71.1 Å². The Kier molecular flexibility index (Phi) is 6.74. The van der Waals surface area contributed by atoms with Gasteiger partial charge in [0.25, 0.3) is 0 Å². The van der Waals surface area contributed by atoms with E-state index in [9.17, 15) is 10.1 Å². The van der Waals surface area contributed by atoms with Gasteiger partial charge in [0.05, 0.1) is 28.8 Å². The van der Waals surface area contributed by atoms with E-state index in [1.165, 1.54) is 12.1 Å². The van der Waals surface area contributed by atoms with Crippen molar-refractivity contribution in [1.29, 1.82) is 5.26 Å². The van der Waals surface area contributed by atoms with Gasteiger partial charge in [-0.1, -0.05) is 48.5 Å². The smallest absolute Gasteiger partial charge is 0.246 e. The number of aromatic nitrogens is 1. The number of anilines is 1. The molecule has 2 atom stereocenters. The number of ether oxygens (including phenoxy) is 1. The molecule has 3 aromatic carbocycles. The van der Waals surface area contributed by atoms with Crippen LogP contribution in [0.1, 0.15) is 37.7 Å². The number of halogens is 2. The van der Waals surface area contributed by atoms with Gasteiger partial charge in [0, 0.05) is 34.4 Å². The lowest BCUT2D eigenvalue weighted by atomic mass is 9.92. The maximum atomic E-state index is 16.3. The molecule has 1 aromatic heterocycles. The van der Waals surface area contributed by atoms with E-state index in [2.05, 4.69) is 22.4 Å². The zero-order valence-electron chi connectivity index (χ0n) is 24.9. The summed E-state index contributed by atoms with van der Waals surface area (Å²) >= 11 is 6.64. The second-order valence-corrected chi connectivity index (χ2v) is 13.2. The zero-order chi connectivity index (χ0) is 30.9. The fourth-order valence-corrected chi connectivity index (χ4v) is 8.69. The number of amides is 1. The van der Waals surface area contributed by atoms with Crippen LogP contribution in [0.2, 0.25) is 5.02 Å². The number of nitriles is 1. The van der Waals surface area contributed by atoms with Gasteiger partial charge < -0.3 is 14.5 Å². The summed E-state index contributed by atoms with van der Waals surface area (Å²) in [7, 11) is 0. The van der Waals surface area contributed by atoms with Gasteiger partial charge in [-0.15, -0.1) is 0 Å². The molecule has 0 saturated carbocycles. The number of hydrogen-bond donors (Lipinski definition) is 0. The quantitative estimate of drug-likeness (QED) is 0.223. The topological polar surface area (TPSA) is 72.7 Å². The molecule has 0 radical (unpaired) electrons. The molecule has 45 heavy (non-hydrogen) atoms. The molecule has 5 heterocycles. The van der Waals surface area contributed by atoms with Crippen LogP contribution in [0, 0.1) is 17.1 Å². The second kappa shape index (κ2) is 10.7. The first-order valence-corrected chi connectivity index (χ1v) is 16.1. The van der Waals surface area contributed by atoms with Crippen molar-refractivity contribution >= 4 is 44.9 Å². The summed E-state index contributed by atoms with van der Waals surface area (Å²) in [6, 6.07) is 17.0. The molecule has 228 valence electrons. The summed E-state index contributed by atoms with van der Waals surface area (Å²) < 4.78 is 22.8. The lowest BCUT2D eigenvalue weighted by Crippen LogP contribution is -2.63. The first-order chi connectivity index (χ1) is 21.9. The first kappa shape index (κ1) is 28.3. The van der Waals surface area contributed by atoms with Crippen molar-refractivity contribution in [3.05, 3.63) is 77.6 Å². The third-order valence-corrected chi connectivity index (χ3v) is 10.9. The average Bonchev–Trinajstić information content (AvgIpc) is 3.72. The number of hydrogen-bond acceptors (Lipinski definition) is 6. The maximum absolute atomic E-state index is 16.3. The number of pyridine rings is 1.